The number of nitrogens with one attached hydrogen (secondary N) is 1. The smallest absolute Gasteiger partial charge is 0.408 e. The quantitative estimate of drug-likeness (QED) is 0.512. The number of benzene rings is 1. The minimum Gasteiger partial charge on any atom is -0.467 e. The molecule has 0 fully saturated rings. The molecule has 1 amide bonds. The van der Waals surface area contributed by atoms with Gasteiger partial charge in [-0.3, -0.25) is 9.09 Å². The average Bonchev–Trinajstić information content (AvgIpc) is 2.64. The molecule has 9 heteroatoms. The molecule has 0 saturated heterocycles. The Labute approximate surface area is 153 Å². The largest absolute Gasteiger partial charge is 0.467 e. The Morgan fingerprint density at radius 3 is 2.23 bits per heavy atom. The van der Waals surface area contributed by atoms with E-state index in [2.05, 4.69) is 10.1 Å². The second-order valence-corrected chi connectivity index (χ2v) is 8.10. The molecule has 0 radical (unpaired) electrons. The number of esters is 1. The molecular formula is C17H26NO7P. The summed E-state index contributed by atoms with van der Waals surface area (Å²) in [5, 5.41) is 2.51. The van der Waals surface area contributed by atoms with E-state index >= 15 is 0 Å². The molecule has 1 aromatic rings. The highest BCUT2D eigenvalue weighted by atomic mass is 31.2. The zero-order chi connectivity index (χ0) is 19.7. The lowest BCUT2D eigenvalue weighted by atomic mass is 10.2. The predicted octanol–water partition coefficient (Wildman–Crippen LogP) is 3.31. The summed E-state index contributed by atoms with van der Waals surface area (Å²) in [6.07, 6.45) is -1.88. The molecule has 0 aliphatic rings. The predicted molar refractivity (Wildman–Crippen MR) is 95.6 cm³/mol. The summed E-state index contributed by atoms with van der Waals surface area (Å²) >= 11 is 0. The third-order valence-electron chi connectivity index (χ3n) is 3.54. The molecule has 1 unspecified atom stereocenters. The molecule has 3 atom stereocenters. The van der Waals surface area contributed by atoms with E-state index in [0.717, 1.165) is 5.56 Å². The lowest BCUT2D eigenvalue weighted by Gasteiger charge is -2.30. The first-order valence-electron chi connectivity index (χ1n) is 8.12. The van der Waals surface area contributed by atoms with Crippen LogP contribution in [0.1, 0.15) is 26.3 Å². The number of methoxy groups -OCH3 is 1. The molecule has 1 N–H and O–H groups in total. The number of hydrogen-bond acceptors (Lipinski definition) is 7. The molecule has 0 heterocycles. The number of ether oxygens (including phenoxy) is 2. The van der Waals surface area contributed by atoms with Crippen LogP contribution in [0.25, 0.3) is 0 Å². The van der Waals surface area contributed by atoms with Gasteiger partial charge in [0.25, 0.3) is 0 Å². The normalized spacial score (nSPS) is 15.6. The molecule has 8 nitrogen and oxygen atoms in total. The van der Waals surface area contributed by atoms with Gasteiger partial charge in [0, 0.05) is 7.11 Å². The number of rotatable bonds is 9. The van der Waals surface area contributed by atoms with Crippen molar-refractivity contribution in [2.24, 2.45) is 5.92 Å². The van der Waals surface area contributed by atoms with Crippen molar-refractivity contribution in [2.45, 2.75) is 39.3 Å². The fourth-order valence-corrected chi connectivity index (χ4v) is 4.11. The van der Waals surface area contributed by atoms with E-state index in [1.807, 2.05) is 30.3 Å². The first kappa shape index (κ1) is 22.2. The van der Waals surface area contributed by atoms with Crippen LogP contribution in [0.2, 0.25) is 0 Å². The molecule has 26 heavy (non-hydrogen) atoms. The molecular weight excluding hydrogens is 361 g/mol. The van der Waals surface area contributed by atoms with Crippen molar-refractivity contribution >= 4 is 19.7 Å². The first-order valence-corrected chi connectivity index (χ1v) is 9.73. The van der Waals surface area contributed by atoms with E-state index in [4.69, 9.17) is 13.8 Å². The van der Waals surface area contributed by atoms with Gasteiger partial charge >= 0.3 is 19.7 Å². The fraction of sp³-hybridized carbons (Fsp3) is 0.529. The van der Waals surface area contributed by atoms with Gasteiger partial charge in [-0.15, -0.1) is 0 Å². The second kappa shape index (κ2) is 10.3. The van der Waals surface area contributed by atoms with Crippen molar-refractivity contribution in [3.63, 3.8) is 0 Å². The lowest BCUT2D eigenvalue weighted by Crippen LogP contribution is -2.40. The number of alkyl carbamates (subject to hydrolysis) is 1. The zero-order valence-electron chi connectivity index (χ0n) is 15.6. The Bertz CT molecular complexity index is 635. The summed E-state index contributed by atoms with van der Waals surface area (Å²) in [4.78, 5) is 23.7. The maximum atomic E-state index is 13.0. The number of hydrogen-bond donors (Lipinski definition) is 1. The van der Waals surface area contributed by atoms with Gasteiger partial charge in [-0.1, -0.05) is 44.2 Å². The van der Waals surface area contributed by atoms with Crippen LogP contribution in [0.5, 0.6) is 0 Å². The third kappa shape index (κ3) is 6.44. The van der Waals surface area contributed by atoms with Gasteiger partial charge < -0.3 is 19.3 Å². The van der Waals surface area contributed by atoms with Gasteiger partial charge in [-0.25, -0.2) is 9.59 Å². The highest BCUT2D eigenvalue weighted by Crippen LogP contribution is 2.54. The van der Waals surface area contributed by atoms with Crippen LogP contribution < -0.4 is 5.32 Å². The van der Waals surface area contributed by atoms with E-state index in [9.17, 15) is 14.2 Å². The van der Waals surface area contributed by atoms with Gasteiger partial charge in [-0.2, -0.15) is 0 Å². The molecule has 0 aliphatic heterocycles. The van der Waals surface area contributed by atoms with E-state index in [1.165, 1.54) is 21.1 Å². The Balaban J connectivity index is 2.79. The van der Waals surface area contributed by atoms with Crippen molar-refractivity contribution in [2.75, 3.05) is 14.2 Å². The molecule has 0 aliphatic carbocycles. The first-order chi connectivity index (χ1) is 12.2. The lowest BCUT2D eigenvalue weighted by molar-refractivity contribution is -0.148. The molecule has 0 spiro atoms. The summed E-state index contributed by atoms with van der Waals surface area (Å²) < 4.78 is 33.1. The summed E-state index contributed by atoms with van der Waals surface area (Å²) in [6.45, 7) is 4.93. The number of carbonyl (C=O) groups is 2. The molecule has 1 rings (SSSR count). The van der Waals surface area contributed by atoms with E-state index in [1.54, 1.807) is 13.8 Å². The van der Waals surface area contributed by atoms with Crippen molar-refractivity contribution in [1.29, 1.82) is 0 Å². The summed E-state index contributed by atoms with van der Waals surface area (Å²) in [5.74, 6) is -2.01. The summed E-state index contributed by atoms with van der Waals surface area (Å²) in [7, 11) is -1.47. The van der Waals surface area contributed by atoms with E-state index in [-0.39, 0.29) is 12.5 Å². The van der Waals surface area contributed by atoms with Gasteiger partial charge in [0.1, 0.15) is 12.4 Å². The van der Waals surface area contributed by atoms with Crippen LogP contribution in [0, 0.1) is 5.92 Å². The Hall–Kier alpha value is -1.89. The zero-order valence-corrected chi connectivity index (χ0v) is 16.5. The molecule has 146 valence electrons. The fourth-order valence-electron chi connectivity index (χ4n) is 2.15. The highest BCUT2D eigenvalue weighted by Gasteiger charge is 2.41. The molecule has 0 saturated carbocycles. The summed E-state index contributed by atoms with van der Waals surface area (Å²) in [5.41, 5.74) is 0.814. The summed E-state index contributed by atoms with van der Waals surface area (Å²) in [6, 6.07) is 9.14. The van der Waals surface area contributed by atoms with Gasteiger partial charge in [0.15, 0.2) is 6.10 Å². The van der Waals surface area contributed by atoms with Crippen molar-refractivity contribution in [3.05, 3.63) is 35.9 Å². The van der Waals surface area contributed by atoms with Crippen LogP contribution in [-0.2, 0) is 34.5 Å². The van der Waals surface area contributed by atoms with E-state index < -0.39 is 31.5 Å². The van der Waals surface area contributed by atoms with Crippen LogP contribution >= 0.6 is 7.60 Å². The van der Waals surface area contributed by atoms with Crippen molar-refractivity contribution in [1.82, 2.24) is 5.32 Å². The minimum absolute atomic E-state index is 0.0637. The van der Waals surface area contributed by atoms with Gasteiger partial charge in [-0.05, 0) is 18.4 Å². The van der Waals surface area contributed by atoms with Crippen LogP contribution in [0.4, 0.5) is 4.79 Å². The standard InChI is InChI=1S/C17H26NO7P/c1-12(2)15(26(21,23-5)25-13(3)16(19)22-4)18-17(20)24-11-14-9-7-6-8-10-14/h6-10,12-13,15H,11H2,1-5H3,(H,18,20)/t13-,15+,26?/m0/s1. The van der Waals surface area contributed by atoms with Gasteiger partial charge in [0.2, 0.25) is 0 Å². The Kier molecular flexibility index (Phi) is 8.78. The van der Waals surface area contributed by atoms with Crippen LogP contribution in [0.3, 0.4) is 0 Å². The topological polar surface area (TPSA) is 100 Å². The van der Waals surface area contributed by atoms with Crippen LogP contribution in [-0.4, -0.2) is 38.2 Å². The minimum atomic E-state index is -3.85. The monoisotopic (exact) mass is 387 g/mol. The second-order valence-electron chi connectivity index (χ2n) is 5.89. The SMILES string of the molecule is COC(=O)[C@H](C)OP(=O)(OC)[C@@H](NC(=O)OCc1ccccc1)C(C)C. The van der Waals surface area contributed by atoms with E-state index in [0.29, 0.717) is 0 Å². The number of carbonyl (C=O) groups excluding carboxylic acids is 2. The highest BCUT2D eigenvalue weighted by molar-refractivity contribution is 7.54. The third-order valence-corrected chi connectivity index (χ3v) is 6.07. The van der Waals surface area contributed by atoms with Gasteiger partial charge in [0.05, 0.1) is 7.11 Å². The maximum absolute atomic E-state index is 13.0. The average molecular weight is 387 g/mol. The van der Waals surface area contributed by atoms with Crippen LogP contribution in [0.15, 0.2) is 30.3 Å². The number of amides is 1. The van der Waals surface area contributed by atoms with Crippen molar-refractivity contribution in [3.8, 4) is 0 Å². The Morgan fingerprint density at radius 2 is 1.73 bits per heavy atom. The molecule has 1 aromatic carbocycles. The Morgan fingerprint density at radius 1 is 1.12 bits per heavy atom. The molecule has 0 aromatic heterocycles. The maximum Gasteiger partial charge on any atom is 0.408 e. The van der Waals surface area contributed by atoms with Crippen molar-refractivity contribution < 1.29 is 32.7 Å². The molecule has 0 bridgehead atoms.